The van der Waals surface area contributed by atoms with Crippen LogP contribution < -0.4 is 11.1 Å². The van der Waals surface area contributed by atoms with Crippen molar-refractivity contribution in [2.45, 2.75) is 38.8 Å². The summed E-state index contributed by atoms with van der Waals surface area (Å²) in [5.74, 6) is -0.604. The molecule has 0 atom stereocenters. The molecule has 0 unspecified atom stereocenters. The summed E-state index contributed by atoms with van der Waals surface area (Å²) in [5, 5.41) is 5.44. The molecule has 0 saturated carbocycles. The lowest BCUT2D eigenvalue weighted by Crippen LogP contribution is -2.29. The fraction of sp³-hybridized carbons (Fsp3) is 0.421. The van der Waals surface area contributed by atoms with Crippen molar-refractivity contribution >= 4 is 33.5 Å². The molecular weight excluding hydrogens is 364 g/mol. The molecule has 142 valence electrons. The highest BCUT2D eigenvalue weighted by Gasteiger charge is 2.14. The molecule has 0 radical (unpaired) electrons. The molecule has 0 aliphatic carbocycles. The van der Waals surface area contributed by atoms with Crippen LogP contribution in [0, 0.1) is 0 Å². The van der Waals surface area contributed by atoms with Gasteiger partial charge in [0.05, 0.1) is 11.2 Å². The average molecular weight is 386 g/mol. The van der Waals surface area contributed by atoms with Crippen molar-refractivity contribution in [1.29, 1.82) is 0 Å². The van der Waals surface area contributed by atoms with E-state index < -0.39 is 5.76 Å². The van der Waals surface area contributed by atoms with Gasteiger partial charge in [-0.05, 0) is 38.1 Å². The van der Waals surface area contributed by atoms with Gasteiger partial charge in [-0.15, -0.1) is 11.3 Å². The summed E-state index contributed by atoms with van der Waals surface area (Å²) in [6.45, 7) is 3.34. The van der Waals surface area contributed by atoms with Crippen molar-refractivity contribution in [3.05, 3.63) is 45.9 Å². The van der Waals surface area contributed by atoms with Crippen molar-refractivity contribution in [1.82, 2.24) is 14.5 Å². The van der Waals surface area contributed by atoms with Crippen LogP contribution in [0.2, 0.25) is 0 Å². The Morgan fingerprint density at radius 3 is 2.89 bits per heavy atom. The number of carbonyl (C=O) groups excluding carboxylic acids is 1. The normalized spacial score (nSPS) is 15.3. The maximum absolute atomic E-state index is 12.3. The summed E-state index contributed by atoms with van der Waals surface area (Å²) in [6, 6.07) is 7.21. The van der Waals surface area contributed by atoms with E-state index in [1.807, 2.05) is 23.6 Å². The van der Waals surface area contributed by atoms with Crippen molar-refractivity contribution in [3.63, 3.8) is 0 Å². The molecule has 1 amide bonds. The molecule has 3 heterocycles. The third kappa shape index (κ3) is 4.28. The minimum absolute atomic E-state index is 0.161. The number of benzene rings is 1. The van der Waals surface area contributed by atoms with Gasteiger partial charge in [0, 0.05) is 24.9 Å². The van der Waals surface area contributed by atoms with Crippen LogP contribution in [0.4, 0.5) is 5.13 Å². The standard InChI is InChI=1S/C19H22N4O3S/c24-17(8-11-23-15-6-2-3-7-16(15)26-19(23)25)21-18-20-14(13-27-18)12-22-9-4-1-5-10-22/h2-3,6-7,13H,1,4-5,8-12H2,(H,20,21,24). The zero-order valence-corrected chi connectivity index (χ0v) is 15.8. The minimum atomic E-state index is -0.443. The third-order valence-corrected chi connectivity index (χ3v) is 5.58. The maximum atomic E-state index is 12.3. The van der Waals surface area contributed by atoms with Gasteiger partial charge in [-0.1, -0.05) is 18.6 Å². The van der Waals surface area contributed by atoms with Crippen LogP contribution in [-0.4, -0.2) is 33.4 Å². The Morgan fingerprint density at radius 2 is 2.04 bits per heavy atom. The zero-order valence-electron chi connectivity index (χ0n) is 15.0. The number of anilines is 1. The maximum Gasteiger partial charge on any atom is 0.419 e. The number of carbonyl (C=O) groups is 1. The highest BCUT2D eigenvalue weighted by molar-refractivity contribution is 7.13. The van der Waals surface area contributed by atoms with E-state index in [4.69, 9.17) is 4.42 Å². The highest BCUT2D eigenvalue weighted by atomic mass is 32.1. The van der Waals surface area contributed by atoms with Gasteiger partial charge in [0.2, 0.25) is 5.91 Å². The lowest BCUT2D eigenvalue weighted by molar-refractivity contribution is -0.116. The topological polar surface area (TPSA) is 80.4 Å². The van der Waals surface area contributed by atoms with Crippen LogP contribution in [0.1, 0.15) is 31.4 Å². The molecule has 8 heteroatoms. The largest absolute Gasteiger partial charge is 0.419 e. The van der Waals surface area contributed by atoms with Gasteiger partial charge < -0.3 is 9.73 Å². The van der Waals surface area contributed by atoms with Crippen LogP contribution in [0.5, 0.6) is 0 Å². The predicted octanol–water partition coefficient (Wildman–Crippen LogP) is 3.07. The molecule has 1 fully saturated rings. The van der Waals surface area contributed by atoms with E-state index in [1.54, 1.807) is 6.07 Å². The number of hydrogen-bond donors (Lipinski definition) is 1. The second kappa shape index (κ2) is 8.06. The molecular formula is C19H22N4O3S. The molecule has 1 aliphatic heterocycles. The van der Waals surface area contributed by atoms with Crippen molar-refractivity contribution in [3.8, 4) is 0 Å². The van der Waals surface area contributed by atoms with Gasteiger partial charge in [0.25, 0.3) is 0 Å². The van der Waals surface area contributed by atoms with Crippen LogP contribution in [-0.2, 0) is 17.9 Å². The van der Waals surface area contributed by atoms with E-state index in [9.17, 15) is 9.59 Å². The molecule has 0 bridgehead atoms. The number of thiazole rings is 1. The van der Waals surface area contributed by atoms with E-state index in [-0.39, 0.29) is 18.9 Å². The van der Waals surface area contributed by atoms with Crippen LogP contribution in [0.15, 0.2) is 38.9 Å². The zero-order chi connectivity index (χ0) is 18.6. The Hall–Kier alpha value is -2.45. The first-order valence-corrected chi connectivity index (χ1v) is 10.1. The Morgan fingerprint density at radius 1 is 1.22 bits per heavy atom. The molecule has 4 rings (SSSR count). The third-order valence-electron chi connectivity index (χ3n) is 4.77. The summed E-state index contributed by atoms with van der Waals surface area (Å²) in [4.78, 5) is 31.1. The molecule has 1 saturated heterocycles. The monoisotopic (exact) mass is 386 g/mol. The number of aromatic nitrogens is 2. The van der Waals surface area contributed by atoms with Crippen LogP contribution in [0.3, 0.4) is 0 Å². The van der Waals surface area contributed by atoms with E-state index in [2.05, 4.69) is 15.2 Å². The Balaban J connectivity index is 1.33. The number of hydrogen-bond acceptors (Lipinski definition) is 6. The number of amides is 1. The summed E-state index contributed by atoms with van der Waals surface area (Å²) in [7, 11) is 0. The Labute approximate surface area is 160 Å². The Kier molecular flexibility index (Phi) is 5.35. The molecule has 0 spiro atoms. The van der Waals surface area contributed by atoms with E-state index in [1.165, 1.54) is 35.2 Å². The first kappa shape index (κ1) is 17.9. The fourth-order valence-electron chi connectivity index (χ4n) is 3.40. The van der Waals surface area contributed by atoms with Gasteiger partial charge in [-0.3, -0.25) is 14.3 Å². The van der Waals surface area contributed by atoms with Gasteiger partial charge in [-0.25, -0.2) is 9.78 Å². The minimum Gasteiger partial charge on any atom is -0.408 e. The van der Waals surface area contributed by atoms with Crippen molar-refractivity contribution in [2.24, 2.45) is 0 Å². The van der Waals surface area contributed by atoms with Gasteiger partial charge in [0.15, 0.2) is 10.7 Å². The summed E-state index contributed by atoms with van der Waals surface area (Å²) in [6.07, 6.45) is 3.99. The van der Waals surface area contributed by atoms with Crippen molar-refractivity contribution in [2.75, 3.05) is 18.4 Å². The number of rotatable bonds is 6. The number of fused-ring (bicyclic) bond motifs is 1. The number of nitrogens with zero attached hydrogens (tertiary/aromatic N) is 3. The lowest BCUT2D eigenvalue weighted by atomic mass is 10.1. The summed E-state index contributed by atoms with van der Waals surface area (Å²) >= 11 is 1.44. The number of likely N-dealkylation sites (tertiary alicyclic amines) is 1. The van der Waals surface area contributed by atoms with Gasteiger partial charge in [-0.2, -0.15) is 0 Å². The van der Waals surface area contributed by atoms with E-state index in [0.29, 0.717) is 16.2 Å². The number of oxazole rings is 1. The number of piperidine rings is 1. The molecule has 1 N–H and O–H groups in total. The number of para-hydroxylation sites is 2. The first-order valence-electron chi connectivity index (χ1n) is 9.24. The summed E-state index contributed by atoms with van der Waals surface area (Å²) < 4.78 is 6.67. The molecule has 1 aromatic carbocycles. The molecule has 27 heavy (non-hydrogen) atoms. The van der Waals surface area contributed by atoms with Crippen LogP contribution in [0.25, 0.3) is 11.1 Å². The highest BCUT2D eigenvalue weighted by Crippen LogP contribution is 2.19. The fourth-order valence-corrected chi connectivity index (χ4v) is 4.12. The predicted molar refractivity (Wildman–Crippen MR) is 105 cm³/mol. The second-order valence-electron chi connectivity index (χ2n) is 6.77. The Bertz CT molecular complexity index is 984. The van der Waals surface area contributed by atoms with Gasteiger partial charge in [0.1, 0.15) is 0 Å². The summed E-state index contributed by atoms with van der Waals surface area (Å²) in [5.41, 5.74) is 2.23. The average Bonchev–Trinajstić information content (AvgIpc) is 3.24. The molecule has 7 nitrogen and oxygen atoms in total. The molecule has 2 aromatic heterocycles. The van der Waals surface area contributed by atoms with Gasteiger partial charge >= 0.3 is 5.76 Å². The quantitative estimate of drug-likeness (QED) is 0.704. The van der Waals surface area contributed by atoms with E-state index in [0.717, 1.165) is 25.3 Å². The SMILES string of the molecule is O=C(CCn1c(=O)oc2ccccc21)Nc1nc(CN2CCCCC2)cs1. The van der Waals surface area contributed by atoms with Crippen LogP contribution >= 0.6 is 11.3 Å². The number of aryl methyl sites for hydroxylation is 1. The smallest absolute Gasteiger partial charge is 0.408 e. The second-order valence-corrected chi connectivity index (χ2v) is 7.62. The first-order chi connectivity index (χ1) is 13.2. The molecule has 1 aliphatic rings. The number of nitrogens with one attached hydrogen (secondary N) is 1. The van der Waals surface area contributed by atoms with Crippen molar-refractivity contribution < 1.29 is 9.21 Å². The van der Waals surface area contributed by atoms with E-state index >= 15 is 0 Å². The molecule has 3 aromatic rings. The lowest BCUT2D eigenvalue weighted by Gasteiger charge is -2.25.